The lowest BCUT2D eigenvalue weighted by molar-refractivity contribution is 0.0690. The molecule has 1 aromatic carbocycles. The number of carbonyl (C=O) groups is 2. The Morgan fingerprint density at radius 3 is 2.55 bits per heavy atom. The van der Waals surface area contributed by atoms with Crippen LogP contribution in [0, 0.1) is 0 Å². The van der Waals surface area contributed by atoms with Crippen molar-refractivity contribution in [2.45, 2.75) is 13.0 Å². The number of carboxylic acids is 1. The summed E-state index contributed by atoms with van der Waals surface area (Å²) in [6.45, 7) is 1.83. The van der Waals surface area contributed by atoms with Gasteiger partial charge >= 0.3 is 5.97 Å². The molecular weight excluding hydrogens is 258 g/mol. The van der Waals surface area contributed by atoms with Gasteiger partial charge in [-0.3, -0.25) is 9.48 Å². The standard InChI is InChI=1S/C14H15N3O3/c1-9(10-6-4-3-5-7-10)15-13(18)12-11(14(19)20)8-17(2)16-12/h3-9H,1-2H3,(H,15,18)(H,19,20)/t9-/m0/s1. The van der Waals surface area contributed by atoms with Crippen LogP contribution in [0.2, 0.25) is 0 Å². The molecule has 0 spiro atoms. The average molecular weight is 273 g/mol. The van der Waals surface area contributed by atoms with Crippen LogP contribution < -0.4 is 5.32 Å². The van der Waals surface area contributed by atoms with E-state index in [-0.39, 0.29) is 17.3 Å². The van der Waals surface area contributed by atoms with Gasteiger partial charge in [0.2, 0.25) is 0 Å². The van der Waals surface area contributed by atoms with Gasteiger partial charge in [-0.1, -0.05) is 30.3 Å². The molecule has 1 amide bonds. The SMILES string of the molecule is C[C@H](NC(=O)c1nn(C)cc1C(=O)O)c1ccccc1. The molecule has 2 N–H and O–H groups in total. The molecule has 0 radical (unpaired) electrons. The Kier molecular flexibility index (Phi) is 3.84. The van der Waals surface area contributed by atoms with Crippen molar-refractivity contribution in [3.8, 4) is 0 Å². The van der Waals surface area contributed by atoms with Gasteiger partial charge in [-0.15, -0.1) is 0 Å². The first-order valence-corrected chi connectivity index (χ1v) is 6.11. The van der Waals surface area contributed by atoms with Gasteiger partial charge in [-0.2, -0.15) is 5.10 Å². The number of nitrogens with one attached hydrogen (secondary N) is 1. The Hall–Kier alpha value is -2.63. The highest BCUT2D eigenvalue weighted by Gasteiger charge is 2.22. The summed E-state index contributed by atoms with van der Waals surface area (Å²) in [5.41, 5.74) is 0.752. The van der Waals surface area contributed by atoms with E-state index in [1.54, 1.807) is 7.05 Å². The fourth-order valence-electron chi connectivity index (χ4n) is 1.90. The van der Waals surface area contributed by atoms with E-state index in [0.717, 1.165) is 5.56 Å². The molecule has 104 valence electrons. The summed E-state index contributed by atoms with van der Waals surface area (Å²) in [5.74, 6) is -1.67. The minimum atomic E-state index is -1.17. The Morgan fingerprint density at radius 1 is 1.30 bits per heavy atom. The highest BCUT2D eigenvalue weighted by molar-refractivity contribution is 6.03. The van der Waals surface area contributed by atoms with Crippen molar-refractivity contribution in [2.75, 3.05) is 0 Å². The summed E-state index contributed by atoms with van der Waals surface area (Å²) in [6, 6.07) is 9.19. The molecule has 2 aromatic rings. The third-order valence-corrected chi connectivity index (χ3v) is 2.92. The maximum absolute atomic E-state index is 12.1. The van der Waals surface area contributed by atoms with Crippen molar-refractivity contribution in [1.29, 1.82) is 0 Å². The number of nitrogens with zero attached hydrogens (tertiary/aromatic N) is 2. The third kappa shape index (κ3) is 2.85. The molecule has 0 aliphatic rings. The molecule has 1 aromatic heterocycles. The zero-order chi connectivity index (χ0) is 14.7. The predicted octanol–water partition coefficient (Wildman–Crippen LogP) is 1.61. The molecule has 0 fully saturated rings. The Labute approximate surface area is 116 Å². The van der Waals surface area contributed by atoms with Crippen molar-refractivity contribution < 1.29 is 14.7 Å². The highest BCUT2D eigenvalue weighted by atomic mass is 16.4. The van der Waals surface area contributed by atoms with E-state index in [4.69, 9.17) is 5.11 Å². The van der Waals surface area contributed by atoms with Crippen LogP contribution in [0.25, 0.3) is 0 Å². The molecule has 6 nitrogen and oxygen atoms in total. The van der Waals surface area contributed by atoms with Crippen molar-refractivity contribution in [2.24, 2.45) is 7.05 Å². The van der Waals surface area contributed by atoms with Gasteiger partial charge in [-0.05, 0) is 12.5 Å². The topological polar surface area (TPSA) is 84.2 Å². The quantitative estimate of drug-likeness (QED) is 0.886. The average Bonchev–Trinajstić information content (AvgIpc) is 2.82. The minimum Gasteiger partial charge on any atom is -0.478 e. The van der Waals surface area contributed by atoms with E-state index in [9.17, 15) is 9.59 Å². The van der Waals surface area contributed by atoms with Crippen molar-refractivity contribution >= 4 is 11.9 Å². The first-order chi connectivity index (χ1) is 9.49. The molecule has 6 heteroatoms. The fourth-order valence-corrected chi connectivity index (χ4v) is 1.90. The maximum atomic E-state index is 12.1. The summed E-state index contributed by atoms with van der Waals surface area (Å²) in [7, 11) is 1.57. The number of benzene rings is 1. The largest absolute Gasteiger partial charge is 0.478 e. The van der Waals surface area contributed by atoms with Crippen molar-refractivity contribution in [1.82, 2.24) is 15.1 Å². The Morgan fingerprint density at radius 2 is 1.95 bits per heavy atom. The normalized spacial score (nSPS) is 11.9. The minimum absolute atomic E-state index is 0.0808. The van der Waals surface area contributed by atoms with Crippen LogP contribution in [0.5, 0.6) is 0 Å². The van der Waals surface area contributed by atoms with Crippen LogP contribution in [0.3, 0.4) is 0 Å². The second kappa shape index (κ2) is 5.56. The number of aryl methyl sites for hydroxylation is 1. The van der Waals surface area contributed by atoms with Crippen LogP contribution in [0.1, 0.15) is 39.4 Å². The summed E-state index contributed by atoms with van der Waals surface area (Å²) in [4.78, 5) is 23.2. The summed E-state index contributed by atoms with van der Waals surface area (Å²) in [6.07, 6.45) is 1.31. The first-order valence-electron chi connectivity index (χ1n) is 6.11. The van der Waals surface area contributed by atoms with Gasteiger partial charge in [0.1, 0.15) is 5.56 Å². The zero-order valence-corrected chi connectivity index (χ0v) is 11.2. The van der Waals surface area contributed by atoms with E-state index in [2.05, 4.69) is 10.4 Å². The zero-order valence-electron chi connectivity index (χ0n) is 11.2. The lowest BCUT2D eigenvalue weighted by Crippen LogP contribution is -2.28. The summed E-state index contributed by atoms with van der Waals surface area (Å²) >= 11 is 0. The van der Waals surface area contributed by atoms with Gasteiger partial charge < -0.3 is 10.4 Å². The number of amides is 1. The second-order valence-corrected chi connectivity index (χ2v) is 4.48. The van der Waals surface area contributed by atoms with Crippen LogP contribution in [-0.4, -0.2) is 26.8 Å². The molecular formula is C14H15N3O3. The van der Waals surface area contributed by atoms with E-state index in [1.165, 1.54) is 10.9 Å². The number of hydrogen-bond acceptors (Lipinski definition) is 3. The lowest BCUT2D eigenvalue weighted by atomic mass is 10.1. The number of carbonyl (C=O) groups excluding carboxylic acids is 1. The van der Waals surface area contributed by atoms with Crippen LogP contribution >= 0.6 is 0 Å². The molecule has 0 saturated carbocycles. The molecule has 2 rings (SSSR count). The number of carboxylic acid groups (broad SMARTS) is 1. The highest BCUT2D eigenvalue weighted by Crippen LogP contribution is 2.13. The molecule has 0 aliphatic heterocycles. The first kappa shape index (κ1) is 13.8. The number of hydrogen-bond donors (Lipinski definition) is 2. The van der Waals surface area contributed by atoms with E-state index >= 15 is 0 Å². The Balaban J connectivity index is 2.19. The predicted molar refractivity (Wildman–Crippen MR) is 72.5 cm³/mol. The van der Waals surface area contributed by atoms with Gasteiger partial charge in [0.25, 0.3) is 5.91 Å². The molecule has 1 heterocycles. The van der Waals surface area contributed by atoms with Gasteiger partial charge in [-0.25, -0.2) is 4.79 Å². The van der Waals surface area contributed by atoms with Crippen LogP contribution in [0.4, 0.5) is 0 Å². The number of aromatic carboxylic acids is 1. The Bertz CT molecular complexity index is 634. The van der Waals surface area contributed by atoms with Gasteiger partial charge in [0, 0.05) is 13.2 Å². The van der Waals surface area contributed by atoms with E-state index in [0.29, 0.717) is 0 Å². The molecule has 0 bridgehead atoms. The second-order valence-electron chi connectivity index (χ2n) is 4.48. The van der Waals surface area contributed by atoms with Gasteiger partial charge in [0.05, 0.1) is 6.04 Å². The fraction of sp³-hybridized carbons (Fsp3) is 0.214. The molecule has 1 atom stereocenters. The third-order valence-electron chi connectivity index (χ3n) is 2.92. The molecule has 0 aliphatic carbocycles. The molecule has 0 saturated heterocycles. The smallest absolute Gasteiger partial charge is 0.339 e. The maximum Gasteiger partial charge on any atom is 0.339 e. The molecule has 20 heavy (non-hydrogen) atoms. The number of rotatable bonds is 4. The molecule has 0 unspecified atom stereocenters. The lowest BCUT2D eigenvalue weighted by Gasteiger charge is -2.13. The van der Waals surface area contributed by atoms with Gasteiger partial charge in [0.15, 0.2) is 5.69 Å². The monoisotopic (exact) mass is 273 g/mol. The summed E-state index contributed by atoms with van der Waals surface area (Å²) < 4.78 is 1.31. The summed E-state index contributed by atoms with van der Waals surface area (Å²) in [5, 5.41) is 15.7. The van der Waals surface area contributed by atoms with Crippen molar-refractivity contribution in [3.63, 3.8) is 0 Å². The van der Waals surface area contributed by atoms with E-state index < -0.39 is 11.9 Å². The van der Waals surface area contributed by atoms with Crippen LogP contribution in [0.15, 0.2) is 36.5 Å². The van der Waals surface area contributed by atoms with Crippen LogP contribution in [-0.2, 0) is 7.05 Å². The van der Waals surface area contributed by atoms with E-state index in [1.807, 2.05) is 37.3 Å². The number of aromatic nitrogens is 2. The van der Waals surface area contributed by atoms with Crippen molar-refractivity contribution in [3.05, 3.63) is 53.3 Å².